The van der Waals surface area contributed by atoms with Crippen LogP contribution in [-0.4, -0.2) is 12.5 Å². The summed E-state index contributed by atoms with van der Waals surface area (Å²) < 4.78 is 5.68. The molecule has 0 saturated carbocycles. The van der Waals surface area contributed by atoms with Gasteiger partial charge in [-0.2, -0.15) is 0 Å². The highest BCUT2D eigenvalue weighted by Crippen LogP contribution is 2.19. The van der Waals surface area contributed by atoms with Gasteiger partial charge in [-0.25, -0.2) is 0 Å². The van der Waals surface area contributed by atoms with Crippen LogP contribution in [-0.2, 0) is 0 Å². The molecule has 2 rings (SSSR count). The number of rotatable bonds is 8. The van der Waals surface area contributed by atoms with E-state index < -0.39 is 0 Å². The van der Waals surface area contributed by atoms with Crippen LogP contribution in [0.25, 0.3) is 0 Å². The molecule has 0 aliphatic rings. The van der Waals surface area contributed by atoms with Gasteiger partial charge in [0.05, 0.1) is 17.2 Å². The Balaban J connectivity index is 1.85. The first-order chi connectivity index (χ1) is 11.2. The van der Waals surface area contributed by atoms with Gasteiger partial charge < -0.3 is 10.1 Å². The predicted molar refractivity (Wildman–Crippen MR) is 95.5 cm³/mol. The topological polar surface area (TPSA) is 38.3 Å². The fourth-order valence-electron chi connectivity index (χ4n) is 2.20. The van der Waals surface area contributed by atoms with Gasteiger partial charge >= 0.3 is 0 Å². The lowest BCUT2D eigenvalue weighted by Gasteiger charge is -2.09. The minimum absolute atomic E-state index is 0.219. The molecule has 0 fully saturated rings. The highest BCUT2D eigenvalue weighted by atomic mass is 35.5. The zero-order valence-corrected chi connectivity index (χ0v) is 14.1. The molecule has 0 aliphatic carbocycles. The van der Waals surface area contributed by atoms with Gasteiger partial charge in [0.15, 0.2) is 0 Å². The van der Waals surface area contributed by atoms with Gasteiger partial charge in [0.2, 0.25) is 0 Å². The normalized spacial score (nSPS) is 10.3. The third kappa shape index (κ3) is 5.61. The summed E-state index contributed by atoms with van der Waals surface area (Å²) in [7, 11) is 0. The second kappa shape index (κ2) is 9.21. The lowest BCUT2D eigenvalue weighted by atomic mass is 10.2. The standard InChI is InChI=1S/C19H22ClNO2/c1-2-3-4-7-14-23-16-12-10-15(11-13-16)21-19(22)17-8-5-6-9-18(17)20/h5-6,8-13H,2-4,7,14H2,1H3,(H,21,22). The molecule has 2 aromatic carbocycles. The summed E-state index contributed by atoms with van der Waals surface area (Å²) in [5.41, 5.74) is 1.18. The van der Waals surface area contributed by atoms with E-state index in [1.54, 1.807) is 24.3 Å². The Kier molecular flexibility index (Phi) is 6.95. The molecule has 0 aliphatic heterocycles. The molecule has 0 saturated heterocycles. The molecule has 0 atom stereocenters. The molecule has 1 amide bonds. The summed E-state index contributed by atoms with van der Waals surface area (Å²) in [4.78, 5) is 12.2. The second-order valence-corrected chi connectivity index (χ2v) is 5.77. The molecular weight excluding hydrogens is 310 g/mol. The van der Waals surface area contributed by atoms with Crippen LogP contribution in [0.15, 0.2) is 48.5 Å². The maximum atomic E-state index is 12.2. The second-order valence-electron chi connectivity index (χ2n) is 5.37. The summed E-state index contributed by atoms with van der Waals surface area (Å²) in [6.45, 7) is 2.92. The molecular formula is C19H22ClNO2. The van der Waals surface area contributed by atoms with E-state index in [0.29, 0.717) is 16.3 Å². The molecule has 0 bridgehead atoms. The van der Waals surface area contributed by atoms with Gasteiger partial charge in [-0.15, -0.1) is 0 Å². The Labute approximate surface area is 142 Å². The summed E-state index contributed by atoms with van der Waals surface area (Å²) in [6, 6.07) is 14.4. The molecule has 0 radical (unpaired) electrons. The van der Waals surface area contributed by atoms with Crippen LogP contribution in [0.3, 0.4) is 0 Å². The van der Waals surface area contributed by atoms with Gasteiger partial charge in [-0.1, -0.05) is 49.9 Å². The van der Waals surface area contributed by atoms with Gasteiger partial charge in [0, 0.05) is 5.69 Å². The van der Waals surface area contributed by atoms with Gasteiger partial charge in [0.1, 0.15) is 5.75 Å². The predicted octanol–water partition coefficient (Wildman–Crippen LogP) is 5.55. The highest BCUT2D eigenvalue weighted by Gasteiger charge is 2.09. The van der Waals surface area contributed by atoms with Crippen molar-refractivity contribution in [3.05, 3.63) is 59.1 Å². The van der Waals surface area contributed by atoms with Crippen LogP contribution in [0.4, 0.5) is 5.69 Å². The molecule has 4 heteroatoms. The minimum atomic E-state index is -0.219. The van der Waals surface area contributed by atoms with Crippen molar-refractivity contribution in [1.82, 2.24) is 0 Å². The van der Waals surface area contributed by atoms with Crippen molar-refractivity contribution < 1.29 is 9.53 Å². The number of anilines is 1. The zero-order chi connectivity index (χ0) is 16.5. The van der Waals surface area contributed by atoms with Crippen molar-refractivity contribution in [2.24, 2.45) is 0 Å². The van der Waals surface area contributed by atoms with Crippen LogP contribution >= 0.6 is 11.6 Å². The Bertz CT molecular complexity index is 626. The molecule has 0 heterocycles. The number of unbranched alkanes of at least 4 members (excludes halogenated alkanes) is 3. The van der Waals surface area contributed by atoms with Crippen LogP contribution in [0.5, 0.6) is 5.75 Å². The maximum Gasteiger partial charge on any atom is 0.257 e. The van der Waals surface area contributed by atoms with Crippen molar-refractivity contribution in [2.75, 3.05) is 11.9 Å². The van der Waals surface area contributed by atoms with Crippen LogP contribution < -0.4 is 10.1 Å². The number of hydrogen-bond acceptors (Lipinski definition) is 2. The molecule has 0 spiro atoms. The van der Waals surface area contributed by atoms with E-state index in [9.17, 15) is 4.79 Å². The number of ether oxygens (including phenoxy) is 1. The Morgan fingerprint density at radius 3 is 2.48 bits per heavy atom. The van der Waals surface area contributed by atoms with Crippen LogP contribution in [0, 0.1) is 0 Å². The lowest BCUT2D eigenvalue weighted by molar-refractivity contribution is 0.102. The van der Waals surface area contributed by atoms with Crippen molar-refractivity contribution >= 4 is 23.2 Å². The molecule has 23 heavy (non-hydrogen) atoms. The monoisotopic (exact) mass is 331 g/mol. The Morgan fingerprint density at radius 1 is 1.04 bits per heavy atom. The molecule has 2 aromatic rings. The van der Waals surface area contributed by atoms with E-state index in [-0.39, 0.29) is 5.91 Å². The summed E-state index contributed by atoms with van der Waals surface area (Å²) in [6.07, 6.45) is 4.73. The molecule has 122 valence electrons. The summed E-state index contributed by atoms with van der Waals surface area (Å²) in [5, 5.41) is 3.27. The molecule has 0 unspecified atom stereocenters. The fourth-order valence-corrected chi connectivity index (χ4v) is 2.42. The van der Waals surface area contributed by atoms with E-state index in [1.165, 1.54) is 19.3 Å². The van der Waals surface area contributed by atoms with Crippen molar-refractivity contribution in [3.8, 4) is 5.75 Å². The van der Waals surface area contributed by atoms with Crippen molar-refractivity contribution in [1.29, 1.82) is 0 Å². The first-order valence-corrected chi connectivity index (χ1v) is 8.37. The molecule has 1 N–H and O–H groups in total. The van der Waals surface area contributed by atoms with E-state index in [4.69, 9.17) is 16.3 Å². The number of nitrogens with one attached hydrogen (secondary N) is 1. The third-order valence-electron chi connectivity index (χ3n) is 3.50. The van der Waals surface area contributed by atoms with Gasteiger partial charge in [-0.3, -0.25) is 4.79 Å². The quantitative estimate of drug-likeness (QED) is 0.644. The van der Waals surface area contributed by atoms with Crippen molar-refractivity contribution in [2.45, 2.75) is 32.6 Å². The van der Waals surface area contributed by atoms with Crippen molar-refractivity contribution in [3.63, 3.8) is 0 Å². The minimum Gasteiger partial charge on any atom is -0.494 e. The first kappa shape index (κ1) is 17.4. The van der Waals surface area contributed by atoms with Crippen LogP contribution in [0.2, 0.25) is 5.02 Å². The Morgan fingerprint density at radius 2 is 1.78 bits per heavy atom. The smallest absolute Gasteiger partial charge is 0.257 e. The summed E-state index contributed by atoms with van der Waals surface area (Å²) in [5.74, 6) is 0.598. The third-order valence-corrected chi connectivity index (χ3v) is 3.83. The largest absolute Gasteiger partial charge is 0.494 e. The van der Waals surface area contributed by atoms with Gasteiger partial charge in [-0.05, 0) is 42.8 Å². The van der Waals surface area contributed by atoms with E-state index in [2.05, 4.69) is 12.2 Å². The number of hydrogen-bond donors (Lipinski definition) is 1. The summed E-state index contributed by atoms with van der Waals surface area (Å²) >= 11 is 6.02. The lowest BCUT2D eigenvalue weighted by Crippen LogP contribution is -2.12. The number of benzene rings is 2. The number of amides is 1. The van der Waals surface area contributed by atoms with E-state index in [0.717, 1.165) is 18.8 Å². The van der Waals surface area contributed by atoms with Gasteiger partial charge in [0.25, 0.3) is 5.91 Å². The SMILES string of the molecule is CCCCCCOc1ccc(NC(=O)c2ccccc2Cl)cc1. The first-order valence-electron chi connectivity index (χ1n) is 7.99. The average Bonchev–Trinajstić information content (AvgIpc) is 2.56. The van der Waals surface area contributed by atoms with Crippen LogP contribution in [0.1, 0.15) is 43.0 Å². The maximum absolute atomic E-state index is 12.2. The average molecular weight is 332 g/mol. The Hall–Kier alpha value is -2.00. The van der Waals surface area contributed by atoms with E-state index >= 15 is 0 Å². The fraction of sp³-hybridized carbons (Fsp3) is 0.316. The van der Waals surface area contributed by atoms with E-state index in [1.807, 2.05) is 24.3 Å². The molecule has 3 nitrogen and oxygen atoms in total. The highest BCUT2D eigenvalue weighted by molar-refractivity contribution is 6.34. The number of carbonyl (C=O) groups excluding carboxylic acids is 1. The zero-order valence-electron chi connectivity index (χ0n) is 13.3. The molecule has 0 aromatic heterocycles. The number of carbonyl (C=O) groups is 1. The number of halogens is 1.